The topological polar surface area (TPSA) is 43.6 Å². The molecule has 2 heterocycles. The highest BCUT2D eigenvalue weighted by molar-refractivity contribution is 6.29. The summed E-state index contributed by atoms with van der Waals surface area (Å²) in [5.74, 6) is 0.638. The van der Waals surface area contributed by atoms with Crippen molar-refractivity contribution in [1.82, 2.24) is 9.38 Å². The number of pyridine rings is 1. The Hall–Kier alpha value is -1.55. The van der Waals surface area contributed by atoms with E-state index in [-0.39, 0.29) is 10.7 Å². The number of fused-ring (bicyclic) bond motifs is 1. The van der Waals surface area contributed by atoms with Crippen LogP contribution in [0.25, 0.3) is 5.65 Å². The number of nitrogens with zero attached hydrogens (tertiary/aromatic N) is 2. The van der Waals surface area contributed by atoms with Crippen LogP contribution in [0.3, 0.4) is 0 Å². The van der Waals surface area contributed by atoms with Crippen molar-refractivity contribution in [3.63, 3.8) is 0 Å². The first kappa shape index (κ1) is 9.02. The van der Waals surface area contributed by atoms with E-state index in [1.54, 1.807) is 25.4 Å². The van der Waals surface area contributed by atoms with Crippen molar-refractivity contribution in [2.75, 3.05) is 7.11 Å². The third-order valence-corrected chi connectivity index (χ3v) is 2.04. The fourth-order valence-electron chi connectivity index (χ4n) is 1.18. The van der Waals surface area contributed by atoms with E-state index >= 15 is 0 Å². The quantitative estimate of drug-likeness (QED) is 0.668. The Bertz CT molecular complexity index is 536. The van der Waals surface area contributed by atoms with Crippen LogP contribution in [0, 0.1) is 0 Å². The molecule has 0 bridgehead atoms. The lowest BCUT2D eigenvalue weighted by atomic mass is 10.4. The molecule has 0 saturated carbocycles. The number of aromatic nitrogens is 2. The van der Waals surface area contributed by atoms with Gasteiger partial charge in [0.2, 0.25) is 0 Å². The molecule has 0 saturated heterocycles. The Morgan fingerprint density at radius 3 is 3.00 bits per heavy atom. The van der Waals surface area contributed by atoms with Crippen molar-refractivity contribution >= 4 is 17.2 Å². The molecule has 2 rings (SSSR count). The van der Waals surface area contributed by atoms with Crippen molar-refractivity contribution in [3.8, 4) is 5.75 Å². The second-order valence-corrected chi connectivity index (χ2v) is 3.10. The van der Waals surface area contributed by atoms with Gasteiger partial charge in [-0.15, -0.1) is 0 Å². The Labute approximate surface area is 84.7 Å². The first-order valence-electron chi connectivity index (χ1n) is 3.93. The van der Waals surface area contributed by atoms with Gasteiger partial charge in [0, 0.05) is 18.3 Å². The SMILES string of the molecule is COc1ccn2c(=O)cc(Cl)nc2c1. The van der Waals surface area contributed by atoms with Gasteiger partial charge in [0.1, 0.15) is 16.5 Å². The van der Waals surface area contributed by atoms with E-state index in [0.29, 0.717) is 11.4 Å². The molecule has 0 aliphatic carbocycles. The van der Waals surface area contributed by atoms with Crippen LogP contribution in [0.5, 0.6) is 5.75 Å². The highest BCUT2D eigenvalue weighted by atomic mass is 35.5. The third-order valence-electron chi connectivity index (χ3n) is 1.84. The number of halogens is 1. The van der Waals surface area contributed by atoms with Gasteiger partial charge in [-0.05, 0) is 6.07 Å². The molecular weight excluding hydrogens is 204 g/mol. The molecule has 2 aromatic heterocycles. The van der Waals surface area contributed by atoms with Gasteiger partial charge in [0.25, 0.3) is 5.56 Å². The summed E-state index contributed by atoms with van der Waals surface area (Å²) < 4.78 is 6.40. The summed E-state index contributed by atoms with van der Waals surface area (Å²) in [4.78, 5) is 15.4. The van der Waals surface area contributed by atoms with E-state index < -0.39 is 0 Å². The Morgan fingerprint density at radius 2 is 2.29 bits per heavy atom. The predicted octanol–water partition coefficient (Wildman–Crippen LogP) is 1.36. The van der Waals surface area contributed by atoms with E-state index in [0.717, 1.165) is 0 Å². The molecule has 0 aromatic carbocycles. The number of ether oxygens (including phenoxy) is 1. The van der Waals surface area contributed by atoms with Crippen molar-refractivity contribution in [2.24, 2.45) is 0 Å². The summed E-state index contributed by atoms with van der Waals surface area (Å²) in [6, 6.07) is 4.60. The lowest BCUT2D eigenvalue weighted by Crippen LogP contribution is -2.13. The molecule has 0 fully saturated rings. The van der Waals surface area contributed by atoms with Gasteiger partial charge in [0.05, 0.1) is 7.11 Å². The summed E-state index contributed by atoms with van der Waals surface area (Å²) in [6.45, 7) is 0. The van der Waals surface area contributed by atoms with Crippen LogP contribution in [0.1, 0.15) is 0 Å². The predicted molar refractivity (Wildman–Crippen MR) is 53.0 cm³/mol. The van der Waals surface area contributed by atoms with Crippen LogP contribution in [0.15, 0.2) is 29.2 Å². The minimum atomic E-state index is -0.206. The third kappa shape index (κ3) is 1.44. The van der Waals surface area contributed by atoms with Gasteiger partial charge in [-0.1, -0.05) is 11.6 Å². The highest BCUT2D eigenvalue weighted by Crippen LogP contribution is 2.12. The Balaban J connectivity index is 2.82. The second kappa shape index (κ2) is 3.31. The van der Waals surface area contributed by atoms with E-state index in [4.69, 9.17) is 16.3 Å². The molecule has 72 valence electrons. The second-order valence-electron chi connectivity index (χ2n) is 2.71. The number of hydrogen-bond donors (Lipinski definition) is 0. The van der Waals surface area contributed by atoms with Gasteiger partial charge >= 0.3 is 0 Å². The lowest BCUT2D eigenvalue weighted by Gasteiger charge is -2.02. The molecule has 5 heteroatoms. The van der Waals surface area contributed by atoms with Gasteiger partial charge in [0.15, 0.2) is 0 Å². The monoisotopic (exact) mass is 210 g/mol. The maximum absolute atomic E-state index is 11.4. The summed E-state index contributed by atoms with van der Waals surface area (Å²) in [7, 11) is 1.55. The molecule has 14 heavy (non-hydrogen) atoms. The van der Waals surface area contributed by atoms with Gasteiger partial charge < -0.3 is 4.74 Å². The van der Waals surface area contributed by atoms with E-state index in [9.17, 15) is 4.79 Å². The van der Waals surface area contributed by atoms with Gasteiger partial charge in [-0.25, -0.2) is 4.98 Å². The van der Waals surface area contributed by atoms with Crippen LogP contribution >= 0.6 is 11.6 Å². The molecule has 0 aliphatic rings. The first-order chi connectivity index (χ1) is 6.70. The van der Waals surface area contributed by atoms with Crippen molar-refractivity contribution in [2.45, 2.75) is 0 Å². The number of rotatable bonds is 1. The number of hydrogen-bond acceptors (Lipinski definition) is 3. The van der Waals surface area contributed by atoms with Crippen molar-refractivity contribution in [3.05, 3.63) is 39.9 Å². The lowest BCUT2D eigenvalue weighted by molar-refractivity contribution is 0.414. The fraction of sp³-hybridized carbons (Fsp3) is 0.111. The zero-order valence-electron chi connectivity index (χ0n) is 7.40. The van der Waals surface area contributed by atoms with Crippen LogP contribution < -0.4 is 10.3 Å². The summed E-state index contributed by atoms with van der Waals surface area (Å²) >= 11 is 5.65. The maximum Gasteiger partial charge on any atom is 0.259 e. The van der Waals surface area contributed by atoms with Crippen molar-refractivity contribution in [1.29, 1.82) is 0 Å². The standard InChI is InChI=1S/C9H7ClN2O2/c1-14-6-2-3-12-8(4-6)11-7(10)5-9(12)13/h2-5H,1H3. The van der Waals surface area contributed by atoms with Crippen LogP contribution in [0.2, 0.25) is 5.15 Å². The largest absolute Gasteiger partial charge is 0.497 e. The summed E-state index contributed by atoms with van der Waals surface area (Å²) in [5.41, 5.74) is 0.268. The molecule has 2 aromatic rings. The zero-order valence-corrected chi connectivity index (χ0v) is 8.15. The highest BCUT2D eigenvalue weighted by Gasteiger charge is 2.01. The molecule has 0 unspecified atom stereocenters. The fourth-order valence-corrected chi connectivity index (χ4v) is 1.36. The smallest absolute Gasteiger partial charge is 0.259 e. The van der Waals surface area contributed by atoms with Crippen LogP contribution in [0.4, 0.5) is 0 Å². The molecule has 0 radical (unpaired) electrons. The summed E-state index contributed by atoms with van der Waals surface area (Å²) in [6.07, 6.45) is 1.60. The Kier molecular flexibility index (Phi) is 2.13. The van der Waals surface area contributed by atoms with E-state index in [1.807, 2.05) is 0 Å². The van der Waals surface area contributed by atoms with E-state index in [1.165, 1.54) is 10.5 Å². The molecule has 0 atom stereocenters. The van der Waals surface area contributed by atoms with E-state index in [2.05, 4.69) is 4.98 Å². The first-order valence-corrected chi connectivity index (χ1v) is 4.31. The van der Waals surface area contributed by atoms with Crippen LogP contribution in [-0.2, 0) is 0 Å². The molecule has 0 amide bonds. The maximum atomic E-state index is 11.4. The zero-order chi connectivity index (χ0) is 10.1. The molecule has 0 spiro atoms. The average Bonchev–Trinajstić information content (AvgIpc) is 2.16. The molecule has 0 aliphatic heterocycles. The normalized spacial score (nSPS) is 10.4. The average molecular weight is 211 g/mol. The molecule has 0 N–H and O–H groups in total. The minimum Gasteiger partial charge on any atom is -0.497 e. The van der Waals surface area contributed by atoms with Gasteiger partial charge in [-0.2, -0.15) is 0 Å². The molecule has 4 nitrogen and oxygen atoms in total. The molecular formula is C9H7ClN2O2. The number of methoxy groups -OCH3 is 1. The van der Waals surface area contributed by atoms with Crippen molar-refractivity contribution < 1.29 is 4.74 Å². The van der Waals surface area contributed by atoms with Crippen LogP contribution in [-0.4, -0.2) is 16.5 Å². The van der Waals surface area contributed by atoms with Gasteiger partial charge in [-0.3, -0.25) is 9.20 Å². The Morgan fingerprint density at radius 1 is 1.50 bits per heavy atom. The minimum absolute atomic E-state index is 0.184. The summed E-state index contributed by atoms with van der Waals surface area (Å²) in [5, 5.41) is 0.184.